The predicted octanol–water partition coefficient (Wildman–Crippen LogP) is 0.952. The largest absolute Gasteiger partial charge is 0.316 e. The lowest BCUT2D eigenvalue weighted by molar-refractivity contribution is 0.369. The number of hydrogen-bond donors (Lipinski definition) is 2. The number of rotatable bonds is 6. The minimum Gasteiger partial charge on any atom is -0.316 e. The Labute approximate surface area is 121 Å². The summed E-state index contributed by atoms with van der Waals surface area (Å²) in [6, 6.07) is 9.61. The molecular formula is C14H23N3O2S. The first-order valence-corrected chi connectivity index (χ1v) is 8.47. The molecule has 0 radical (unpaired) electrons. The molecule has 0 amide bonds. The molecule has 0 aliphatic carbocycles. The second-order valence-electron chi connectivity index (χ2n) is 5.31. The number of nitrogens with zero attached hydrogens (tertiary/aromatic N) is 1. The monoisotopic (exact) mass is 297 g/mol. The second-order valence-corrected chi connectivity index (χ2v) is 7.17. The van der Waals surface area contributed by atoms with Crippen molar-refractivity contribution in [2.24, 2.45) is 5.92 Å². The van der Waals surface area contributed by atoms with Crippen molar-refractivity contribution in [3.8, 4) is 0 Å². The molecular weight excluding hydrogens is 274 g/mol. The summed E-state index contributed by atoms with van der Waals surface area (Å²) < 4.78 is 28.4. The lowest BCUT2D eigenvalue weighted by atomic mass is 10.0. The fourth-order valence-electron chi connectivity index (χ4n) is 2.36. The van der Waals surface area contributed by atoms with E-state index in [1.165, 1.54) is 4.31 Å². The molecule has 2 rings (SSSR count). The zero-order valence-corrected chi connectivity index (χ0v) is 12.7. The van der Waals surface area contributed by atoms with Gasteiger partial charge in [0.25, 0.3) is 10.2 Å². The van der Waals surface area contributed by atoms with Crippen LogP contribution in [-0.2, 0) is 16.8 Å². The Morgan fingerprint density at radius 3 is 2.75 bits per heavy atom. The van der Waals surface area contributed by atoms with E-state index in [-0.39, 0.29) is 0 Å². The first-order chi connectivity index (χ1) is 9.58. The average molecular weight is 297 g/mol. The highest BCUT2D eigenvalue weighted by Gasteiger charge is 2.20. The van der Waals surface area contributed by atoms with Gasteiger partial charge in [-0.15, -0.1) is 0 Å². The van der Waals surface area contributed by atoms with Gasteiger partial charge in [-0.3, -0.25) is 0 Å². The van der Waals surface area contributed by atoms with Crippen molar-refractivity contribution in [3.05, 3.63) is 35.9 Å². The molecule has 6 heteroatoms. The van der Waals surface area contributed by atoms with Crippen LogP contribution in [0.3, 0.4) is 0 Å². The van der Waals surface area contributed by atoms with Crippen LogP contribution in [0.25, 0.3) is 0 Å². The minimum absolute atomic E-state index is 0.388. The molecule has 1 unspecified atom stereocenters. The van der Waals surface area contributed by atoms with Crippen LogP contribution in [0, 0.1) is 5.92 Å². The maximum absolute atomic E-state index is 12.2. The van der Waals surface area contributed by atoms with Gasteiger partial charge in [0, 0.05) is 20.1 Å². The van der Waals surface area contributed by atoms with E-state index in [0.29, 0.717) is 19.0 Å². The van der Waals surface area contributed by atoms with E-state index in [4.69, 9.17) is 0 Å². The Morgan fingerprint density at radius 2 is 2.10 bits per heavy atom. The van der Waals surface area contributed by atoms with Crippen LogP contribution in [0.4, 0.5) is 0 Å². The van der Waals surface area contributed by atoms with Gasteiger partial charge in [-0.05, 0) is 37.4 Å². The van der Waals surface area contributed by atoms with Gasteiger partial charge in [0.15, 0.2) is 0 Å². The third-order valence-corrected chi connectivity index (χ3v) is 5.09. The molecule has 1 aliphatic rings. The summed E-state index contributed by atoms with van der Waals surface area (Å²) in [4.78, 5) is 0. The first-order valence-electron chi connectivity index (χ1n) is 7.03. The number of nitrogens with one attached hydrogen (secondary N) is 2. The standard InChI is InChI=1S/C14H23N3O2S/c1-17(12-13-6-3-2-4-7-13)20(18,19)16-11-14-8-5-9-15-10-14/h2-4,6-7,14-16H,5,8-12H2,1H3. The van der Waals surface area contributed by atoms with Crippen LogP contribution in [0.1, 0.15) is 18.4 Å². The van der Waals surface area contributed by atoms with Gasteiger partial charge < -0.3 is 5.32 Å². The molecule has 1 aromatic rings. The zero-order chi connectivity index (χ0) is 14.4. The van der Waals surface area contributed by atoms with Crippen LogP contribution in [0.2, 0.25) is 0 Å². The molecule has 1 heterocycles. The fraction of sp³-hybridized carbons (Fsp3) is 0.571. The van der Waals surface area contributed by atoms with E-state index in [0.717, 1.165) is 31.5 Å². The number of benzene rings is 1. The van der Waals surface area contributed by atoms with Crippen LogP contribution < -0.4 is 10.0 Å². The van der Waals surface area contributed by atoms with Crippen molar-refractivity contribution >= 4 is 10.2 Å². The molecule has 0 aromatic heterocycles. The van der Waals surface area contributed by atoms with Gasteiger partial charge >= 0.3 is 0 Å². The van der Waals surface area contributed by atoms with E-state index < -0.39 is 10.2 Å². The molecule has 5 nitrogen and oxygen atoms in total. The van der Waals surface area contributed by atoms with Gasteiger partial charge in [0.2, 0.25) is 0 Å². The molecule has 0 spiro atoms. The predicted molar refractivity (Wildman–Crippen MR) is 80.4 cm³/mol. The van der Waals surface area contributed by atoms with E-state index in [1.54, 1.807) is 7.05 Å². The number of hydrogen-bond acceptors (Lipinski definition) is 3. The summed E-state index contributed by atoms with van der Waals surface area (Å²) in [6.45, 7) is 2.83. The minimum atomic E-state index is -3.40. The van der Waals surface area contributed by atoms with Crippen LogP contribution >= 0.6 is 0 Å². The lowest BCUT2D eigenvalue weighted by Crippen LogP contribution is -2.43. The molecule has 1 aromatic carbocycles. The highest BCUT2D eigenvalue weighted by molar-refractivity contribution is 7.87. The maximum atomic E-state index is 12.2. The fourth-order valence-corrected chi connectivity index (χ4v) is 3.34. The summed E-state index contributed by atoms with van der Waals surface area (Å²) in [6.07, 6.45) is 2.20. The van der Waals surface area contributed by atoms with Gasteiger partial charge in [0.1, 0.15) is 0 Å². The van der Waals surface area contributed by atoms with E-state index >= 15 is 0 Å². The summed E-state index contributed by atoms with van der Waals surface area (Å²) in [5.41, 5.74) is 0.986. The molecule has 1 aliphatic heterocycles. The second kappa shape index (κ2) is 7.17. The summed E-state index contributed by atoms with van der Waals surface area (Å²) in [7, 11) is -1.80. The molecule has 1 atom stereocenters. The van der Waals surface area contributed by atoms with Crippen LogP contribution in [-0.4, -0.2) is 39.4 Å². The number of piperidine rings is 1. The lowest BCUT2D eigenvalue weighted by Gasteiger charge is -2.24. The smallest absolute Gasteiger partial charge is 0.279 e. The zero-order valence-electron chi connectivity index (χ0n) is 11.9. The third kappa shape index (κ3) is 4.56. The SMILES string of the molecule is CN(Cc1ccccc1)S(=O)(=O)NCC1CCCNC1. The Hall–Kier alpha value is -0.950. The molecule has 1 saturated heterocycles. The van der Waals surface area contributed by atoms with E-state index in [9.17, 15) is 8.42 Å². The maximum Gasteiger partial charge on any atom is 0.279 e. The molecule has 0 saturated carbocycles. The highest BCUT2D eigenvalue weighted by atomic mass is 32.2. The van der Waals surface area contributed by atoms with E-state index in [1.807, 2.05) is 30.3 Å². The molecule has 0 bridgehead atoms. The topological polar surface area (TPSA) is 61.4 Å². The Morgan fingerprint density at radius 1 is 1.35 bits per heavy atom. The van der Waals surface area contributed by atoms with Gasteiger partial charge in [0.05, 0.1) is 0 Å². The summed E-state index contributed by atoms with van der Waals surface area (Å²) >= 11 is 0. The van der Waals surface area contributed by atoms with Crippen molar-refractivity contribution in [1.82, 2.24) is 14.3 Å². The van der Waals surface area contributed by atoms with Gasteiger partial charge in [-0.1, -0.05) is 30.3 Å². The van der Waals surface area contributed by atoms with Crippen molar-refractivity contribution in [3.63, 3.8) is 0 Å². The summed E-state index contributed by atoms with van der Waals surface area (Å²) in [5.74, 6) is 0.392. The van der Waals surface area contributed by atoms with Crippen molar-refractivity contribution in [2.45, 2.75) is 19.4 Å². The Balaban J connectivity index is 1.85. The van der Waals surface area contributed by atoms with E-state index in [2.05, 4.69) is 10.0 Å². The highest BCUT2D eigenvalue weighted by Crippen LogP contribution is 2.10. The molecule has 2 N–H and O–H groups in total. The van der Waals surface area contributed by atoms with Crippen molar-refractivity contribution in [1.29, 1.82) is 0 Å². The van der Waals surface area contributed by atoms with Crippen LogP contribution in [0.5, 0.6) is 0 Å². The van der Waals surface area contributed by atoms with Gasteiger partial charge in [-0.25, -0.2) is 4.72 Å². The molecule has 112 valence electrons. The third-order valence-electron chi connectivity index (χ3n) is 3.61. The van der Waals surface area contributed by atoms with Crippen LogP contribution in [0.15, 0.2) is 30.3 Å². The Bertz CT molecular complexity index is 498. The molecule has 20 heavy (non-hydrogen) atoms. The summed E-state index contributed by atoms with van der Waals surface area (Å²) in [5, 5.41) is 3.29. The van der Waals surface area contributed by atoms with Crippen molar-refractivity contribution < 1.29 is 8.42 Å². The first kappa shape index (κ1) is 15.4. The normalized spacial score (nSPS) is 20.2. The van der Waals surface area contributed by atoms with Crippen molar-refractivity contribution in [2.75, 3.05) is 26.7 Å². The average Bonchev–Trinajstić information content (AvgIpc) is 2.47. The Kier molecular flexibility index (Phi) is 5.54. The molecule has 1 fully saturated rings. The quantitative estimate of drug-likeness (QED) is 0.822. The van der Waals surface area contributed by atoms with Gasteiger partial charge in [-0.2, -0.15) is 12.7 Å².